The van der Waals surface area contributed by atoms with E-state index >= 15 is 0 Å². The Bertz CT molecular complexity index is 524. The van der Waals surface area contributed by atoms with Crippen LogP contribution in [0.5, 0.6) is 0 Å². The van der Waals surface area contributed by atoms with E-state index in [9.17, 15) is 0 Å². The predicted molar refractivity (Wildman–Crippen MR) is 95.2 cm³/mol. The molecule has 1 aromatic carbocycles. The Labute approximate surface area is 138 Å². The van der Waals surface area contributed by atoms with Crippen LogP contribution < -0.4 is 10.2 Å². The number of anilines is 1. The fourth-order valence-electron chi connectivity index (χ4n) is 4.48. The molecular weight excluding hydrogens is 290 g/mol. The third-order valence-corrected chi connectivity index (χ3v) is 6.11. The standard InChI is InChI=1S/C18H25N3S/c22-18(19-17-13-14-6-7-15(17)12-14)21-10-8-20(9-11-21)16-4-2-1-3-5-16/h1-5,14-15,17H,6-13H2,(H,19,22). The zero-order chi connectivity index (χ0) is 14.9. The van der Waals surface area contributed by atoms with E-state index in [0.29, 0.717) is 6.04 Å². The molecule has 22 heavy (non-hydrogen) atoms. The van der Waals surface area contributed by atoms with Crippen molar-refractivity contribution < 1.29 is 0 Å². The minimum absolute atomic E-state index is 0.651. The highest BCUT2D eigenvalue weighted by atomic mass is 32.1. The lowest BCUT2D eigenvalue weighted by Gasteiger charge is -2.38. The molecule has 118 valence electrons. The third-order valence-electron chi connectivity index (χ3n) is 5.74. The first-order chi connectivity index (χ1) is 10.8. The molecule has 3 nitrogen and oxygen atoms in total. The van der Waals surface area contributed by atoms with Gasteiger partial charge in [0.1, 0.15) is 0 Å². The van der Waals surface area contributed by atoms with E-state index in [1.165, 1.54) is 31.4 Å². The van der Waals surface area contributed by atoms with Crippen LogP contribution in [-0.2, 0) is 0 Å². The molecule has 1 heterocycles. The molecule has 2 aliphatic carbocycles. The number of nitrogens with zero attached hydrogens (tertiary/aromatic N) is 2. The number of nitrogens with one attached hydrogen (secondary N) is 1. The van der Waals surface area contributed by atoms with Gasteiger partial charge in [-0.25, -0.2) is 0 Å². The maximum absolute atomic E-state index is 5.68. The molecule has 3 aliphatic rings. The molecule has 3 unspecified atom stereocenters. The van der Waals surface area contributed by atoms with Gasteiger partial charge in [0.15, 0.2) is 5.11 Å². The number of thiocarbonyl (C=S) groups is 1. The Morgan fingerprint density at radius 2 is 1.77 bits per heavy atom. The van der Waals surface area contributed by atoms with Crippen LogP contribution in [0, 0.1) is 11.8 Å². The van der Waals surface area contributed by atoms with Gasteiger partial charge >= 0.3 is 0 Å². The van der Waals surface area contributed by atoms with Gasteiger partial charge in [0.2, 0.25) is 0 Å². The second kappa shape index (κ2) is 6.07. The monoisotopic (exact) mass is 315 g/mol. The van der Waals surface area contributed by atoms with E-state index < -0.39 is 0 Å². The van der Waals surface area contributed by atoms with Crippen molar-refractivity contribution >= 4 is 23.0 Å². The Balaban J connectivity index is 1.29. The summed E-state index contributed by atoms with van der Waals surface area (Å²) in [6.45, 7) is 4.17. The van der Waals surface area contributed by atoms with Crippen molar-refractivity contribution in [2.75, 3.05) is 31.1 Å². The molecule has 1 N–H and O–H groups in total. The Morgan fingerprint density at radius 1 is 1.00 bits per heavy atom. The van der Waals surface area contributed by atoms with Crippen molar-refractivity contribution in [2.24, 2.45) is 11.8 Å². The van der Waals surface area contributed by atoms with Crippen molar-refractivity contribution in [3.05, 3.63) is 30.3 Å². The maximum atomic E-state index is 5.68. The summed E-state index contributed by atoms with van der Waals surface area (Å²) < 4.78 is 0. The summed E-state index contributed by atoms with van der Waals surface area (Å²) in [5, 5.41) is 4.66. The highest BCUT2D eigenvalue weighted by Crippen LogP contribution is 2.44. The highest BCUT2D eigenvalue weighted by Gasteiger charge is 2.40. The summed E-state index contributed by atoms with van der Waals surface area (Å²) in [7, 11) is 0. The van der Waals surface area contributed by atoms with Crippen LogP contribution in [-0.4, -0.2) is 42.2 Å². The van der Waals surface area contributed by atoms with Crippen LogP contribution in [0.2, 0.25) is 0 Å². The fourth-order valence-corrected chi connectivity index (χ4v) is 4.81. The minimum Gasteiger partial charge on any atom is -0.368 e. The Morgan fingerprint density at radius 3 is 2.41 bits per heavy atom. The van der Waals surface area contributed by atoms with E-state index in [4.69, 9.17) is 12.2 Å². The van der Waals surface area contributed by atoms with Crippen LogP contribution in [0.1, 0.15) is 25.7 Å². The third kappa shape index (κ3) is 2.81. The first-order valence-corrected chi connectivity index (χ1v) is 9.06. The average molecular weight is 315 g/mol. The molecule has 1 aromatic rings. The average Bonchev–Trinajstić information content (AvgIpc) is 3.19. The summed E-state index contributed by atoms with van der Waals surface area (Å²) >= 11 is 5.68. The van der Waals surface area contributed by atoms with E-state index in [2.05, 4.69) is 45.4 Å². The van der Waals surface area contributed by atoms with Crippen molar-refractivity contribution in [1.29, 1.82) is 0 Å². The normalized spacial score (nSPS) is 30.6. The van der Waals surface area contributed by atoms with Crippen molar-refractivity contribution in [1.82, 2.24) is 10.2 Å². The summed E-state index contributed by atoms with van der Waals surface area (Å²) in [6.07, 6.45) is 5.63. The van der Waals surface area contributed by atoms with Gasteiger partial charge in [-0.1, -0.05) is 24.6 Å². The second-order valence-corrected chi connectivity index (χ2v) is 7.43. The molecule has 0 spiro atoms. The molecule has 0 amide bonds. The molecule has 0 radical (unpaired) electrons. The Hall–Kier alpha value is -1.29. The number of benzene rings is 1. The molecule has 4 rings (SSSR count). The number of fused-ring (bicyclic) bond motifs is 2. The number of piperazine rings is 1. The lowest BCUT2D eigenvalue weighted by molar-refractivity contribution is 0.345. The summed E-state index contributed by atoms with van der Waals surface area (Å²) in [5.74, 6) is 1.86. The van der Waals surface area contributed by atoms with Crippen LogP contribution in [0.25, 0.3) is 0 Å². The van der Waals surface area contributed by atoms with Crippen molar-refractivity contribution in [3.8, 4) is 0 Å². The van der Waals surface area contributed by atoms with E-state index in [1.54, 1.807) is 0 Å². The van der Waals surface area contributed by atoms with Gasteiger partial charge in [-0.2, -0.15) is 0 Å². The molecule has 3 fully saturated rings. The molecule has 1 aliphatic heterocycles. The van der Waals surface area contributed by atoms with Gasteiger partial charge in [-0.05, 0) is 55.4 Å². The fraction of sp³-hybridized carbons (Fsp3) is 0.611. The smallest absolute Gasteiger partial charge is 0.169 e. The molecule has 4 heteroatoms. The van der Waals surface area contributed by atoms with E-state index in [-0.39, 0.29) is 0 Å². The second-order valence-electron chi connectivity index (χ2n) is 7.04. The van der Waals surface area contributed by atoms with Gasteiger partial charge in [0.25, 0.3) is 0 Å². The van der Waals surface area contributed by atoms with Gasteiger partial charge in [0.05, 0.1) is 0 Å². The lowest BCUT2D eigenvalue weighted by atomic mass is 9.95. The summed E-state index contributed by atoms with van der Waals surface area (Å²) in [4.78, 5) is 4.82. The Kier molecular flexibility index (Phi) is 3.95. The van der Waals surface area contributed by atoms with Crippen LogP contribution in [0.15, 0.2) is 30.3 Å². The quantitative estimate of drug-likeness (QED) is 0.846. The van der Waals surface area contributed by atoms with Crippen molar-refractivity contribution in [2.45, 2.75) is 31.7 Å². The number of rotatable bonds is 2. The van der Waals surface area contributed by atoms with Gasteiger partial charge in [-0.15, -0.1) is 0 Å². The van der Waals surface area contributed by atoms with Gasteiger partial charge < -0.3 is 15.1 Å². The maximum Gasteiger partial charge on any atom is 0.169 e. The molecule has 0 aromatic heterocycles. The van der Waals surface area contributed by atoms with Gasteiger partial charge in [-0.3, -0.25) is 0 Å². The molecular formula is C18H25N3S. The largest absolute Gasteiger partial charge is 0.368 e. The van der Waals surface area contributed by atoms with Crippen molar-refractivity contribution in [3.63, 3.8) is 0 Å². The summed E-state index contributed by atoms with van der Waals surface area (Å²) in [6, 6.07) is 11.3. The number of hydrogen-bond acceptors (Lipinski definition) is 2. The van der Waals surface area contributed by atoms with Crippen LogP contribution >= 0.6 is 12.2 Å². The van der Waals surface area contributed by atoms with E-state index in [0.717, 1.165) is 43.1 Å². The number of hydrogen-bond donors (Lipinski definition) is 1. The topological polar surface area (TPSA) is 18.5 Å². The highest BCUT2D eigenvalue weighted by molar-refractivity contribution is 7.80. The molecule has 2 bridgehead atoms. The van der Waals surface area contributed by atoms with Crippen LogP contribution in [0.3, 0.4) is 0 Å². The SMILES string of the molecule is S=C(NC1CC2CCC1C2)N1CCN(c2ccccc2)CC1. The zero-order valence-electron chi connectivity index (χ0n) is 13.1. The molecule has 2 saturated carbocycles. The first kappa shape index (κ1) is 14.3. The van der Waals surface area contributed by atoms with E-state index in [1.807, 2.05) is 0 Å². The minimum atomic E-state index is 0.651. The lowest BCUT2D eigenvalue weighted by Crippen LogP contribution is -2.54. The van der Waals surface area contributed by atoms with Gasteiger partial charge in [0, 0.05) is 37.9 Å². The first-order valence-electron chi connectivity index (χ1n) is 8.65. The predicted octanol–water partition coefficient (Wildman–Crippen LogP) is 2.87. The molecule has 3 atom stereocenters. The molecule has 1 saturated heterocycles. The zero-order valence-corrected chi connectivity index (χ0v) is 13.9. The number of para-hydroxylation sites is 1. The van der Waals surface area contributed by atoms with Crippen LogP contribution in [0.4, 0.5) is 5.69 Å². The summed E-state index contributed by atoms with van der Waals surface area (Å²) in [5.41, 5.74) is 1.33.